The molecule has 8 nitrogen and oxygen atoms in total. The highest BCUT2D eigenvalue weighted by Gasteiger charge is 2.20. The topological polar surface area (TPSA) is 78.1 Å². The van der Waals surface area contributed by atoms with Crippen LogP contribution in [0.5, 0.6) is 5.88 Å². The molecule has 2 rings (SSSR count). The number of hydrogen-bond acceptors (Lipinski definition) is 6. The van der Waals surface area contributed by atoms with Crippen molar-refractivity contribution in [2.45, 2.75) is 39.4 Å². The van der Waals surface area contributed by atoms with Crippen molar-refractivity contribution >= 4 is 17.7 Å². The number of nitrogens with zero attached hydrogens (tertiary/aromatic N) is 6. The molecule has 0 atom stereocenters. The van der Waals surface area contributed by atoms with Gasteiger partial charge in [-0.15, -0.1) is 15.3 Å². The second kappa shape index (κ2) is 8.89. The van der Waals surface area contributed by atoms with Gasteiger partial charge >= 0.3 is 0 Å². The van der Waals surface area contributed by atoms with E-state index in [-0.39, 0.29) is 5.91 Å². The molecule has 0 aliphatic heterocycles. The molecule has 0 fully saturated rings. The average molecular weight is 366 g/mol. The first-order chi connectivity index (χ1) is 12.0. The van der Waals surface area contributed by atoms with Gasteiger partial charge < -0.3 is 14.2 Å². The van der Waals surface area contributed by atoms with Gasteiger partial charge in [-0.1, -0.05) is 11.8 Å². The van der Waals surface area contributed by atoms with Crippen LogP contribution in [-0.4, -0.2) is 60.8 Å². The molecule has 1 amide bonds. The Kier molecular flexibility index (Phi) is 6.86. The Morgan fingerprint density at radius 2 is 1.96 bits per heavy atom. The van der Waals surface area contributed by atoms with Gasteiger partial charge in [0.1, 0.15) is 5.56 Å². The smallest absolute Gasteiger partial charge is 0.243 e. The maximum atomic E-state index is 12.2. The highest BCUT2D eigenvalue weighted by molar-refractivity contribution is 7.99. The second-order valence-corrected chi connectivity index (χ2v) is 6.30. The minimum Gasteiger partial charge on any atom is -0.476 e. The van der Waals surface area contributed by atoms with Crippen LogP contribution in [0.1, 0.15) is 27.7 Å². The van der Waals surface area contributed by atoms with Crippen LogP contribution in [0.4, 0.5) is 0 Å². The third-order valence-corrected chi connectivity index (χ3v) is 4.85. The first-order valence-electron chi connectivity index (χ1n) is 8.56. The van der Waals surface area contributed by atoms with E-state index in [2.05, 4.69) is 15.3 Å². The van der Waals surface area contributed by atoms with Crippen molar-refractivity contribution < 1.29 is 9.53 Å². The Labute approximate surface area is 152 Å². The van der Waals surface area contributed by atoms with Gasteiger partial charge in [-0.2, -0.15) is 0 Å². The van der Waals surface area contributed by atoms with Crippen LogP contribution in [0.15, 0.2) is 11.4 Å². The zero-order chi connectivity index (χ0) is 18.4. The SMILES string of the molecule is CCOc1nn(CC)cc1-c1nnc(SCC(=O)N(CC)CC)n1C. The Bertz CT molecular complexity index is 708. The van der Waals surface area contributed by atoms with Crippen LogP contribution >= 0.6 is 11.8 Å². The van der Waals surface area contributed by atoms with E-state index in [4.69, 9.17) is 4.74 Å². The van der Waals surface area contributed by atoms with Crippen LogP contribution < -0.4 is 4.74 Å². The summed E-state index contributed by atoms with van der Waals surface area (Å²) in [6.45, 7) is 10.6. The molecule has 0 saturated heterocycles. The van der Waals surface area contributed by atoms with Gasteiger partial charge in [-0.25, -0.2) is 0 Å². The normalized spacial score (nSPS) is 10.9. The quantitative estimate of drug-likeness (QED) is 0.632. The van der Waals surface area contributed by atoms with Crippen LogP contribution in [0, 0.1) is 0 Å². The molecule has 0 bridgehead atoms. The molecule has 0 aromatic carbocycles. The van der Waals surface area contributed by atoms with Crippen molar-refractivity contribution in [2.75, 3.05) is 25.4 Å². The van der Waals surface area contributed by atoms with Crippen molar-refractivity contribution in [3.8, 4) is 17.3 Å². The predicted molar refractivity (Wildman–Crippen MR) is 97.7 cm³/mol. The molecule has 9 heteroatoms. The van der Waals surface area contributed by atoms with E-state index in [1.54, 1.807) is 0 Å². The predicted octanol–water partition coefficient (Wildman–Crippen LogP) is 2.06. The zero-order valence-corrected chi connectivity index (χ0v) is 16.3. The first kappa shape index (κ1) is 19.3. The standard InChI is InChI=1S/C16H26N6O2S/c1-6-21(7-2)13(23)11-25-16-18-17-14(20(16)5)12-10-22(8-3)19-15(12)24-9-4/h10H,6-9,11H2,1-5H3. The summed E-state index contributed by atoms with van der Waals surface area (Å²) in [5.41, 5.74) is 0.806. The van der Waals surface area contributed by atoms with E-state index >= 15 is 0 Å². The van der Waals surface area contributed by atoms with Crippen LogP contribution in [0.2, 0.25) is 0 Å². The van der Waals surface area contributed by atoms with E-state index in [0.29, 0.717) is 42.3 Å². The molecule has 0 aliphatic rings. The number of aryl methyl sites for hydroxylation is 1. The summed E-state index contributed by atoms with van der Waals surface area (Å²) >= 11 is 1.39. The van der Waals surface area contributed by atoms with Crippen molar-refractivity contribution in [2.24, 2.45) is 7.05 Å². The van der Waals surface area contributed by atoms with Gasteiger partial charge in [-0.3, -0.25) is 9.48 Å². The highest BCUT2D eigenvalue weighted by Crippen LogP contribution is 2.29. The molecule has 0 N–H and O–H groups in total. The first-order valence-corrected chi connectivity index (χ1v) is 9.54. The minimum atomic E-state index is 0.105. The maximum Gasteiger partial charge on any atom is 0.243 e. The molecule has 0 aliphatic carbocycles. The lowest BCUT2D eigenvalue weighted by Gasteiger charge is -2.17. The largest absolute Gasteiger partial charge is 0.476 e. The van der Waals surface area contributed by atoms with E-state index in [0.717, 1.165) is 12.1 Å². The molecule has 0 spiro atoms. The number of amides is 1. The summed E-state index contributed by atoms with van der Waals surface area (Å²) < 4.78 is 9.30. The lowest BCUT2D eigenvalue weighted by molar-refractivity contribution is -0.127. The van der Waals surface area contributed by atoms with Crippen LogP contribution in [0.3, 0.4) is 0 Å². The fourth-order valence-electron chi connectivity index (χ4n) is 2.43. The maximum absolute atomic E-state index is 12.2. The minimum absolute atomic E-state index is 0.105. The van der Waals surface area contributed by atoms with Gasteiger partial charge in [0.2, 0.25) is 11.8 Å². The number of ether oxygens (including phenoxy) is 1. The van der Waals surface area contributed by atoms with Crippen molar-refractivity contribution in [1.29, 1.82) is 0 Å². The van der Waals surface area contributed by atoms with Crippen LogP contribution in [-0.2, 0) is 18.4 Å². The van der Waals surface area contributed by atoms with Gasteiger partial charge in [0.15, 0.2) is 11.0 Å². The van der Waals surface area contributed by atoms with Gasteiger partial charge in [0.25, 0.3) is 0 Å². The summed E-state index contributed by atoms with van der Waals surface area (Å²) in [5, 5.41) is 13.6. The Morgan fingerprint density at radius 3 is 2.56 bits per heavy atom. The zero-order valence-electron chi connectivity index (χ0n) is 15.5. The molecule has 138 valence electrons. The fourth-order valence-corrected chi connectivity index (χ4v) is 3.25. The number of aromatic nitrogens is 5. The van der Waals surface area contributed by atoms with E-state index in [1.807, 2.05) is 55.1 Å². The number of carbonyl (C=O) groups is 1. The summed E-state index contributed by atoms with van der Waals surface area (Å²) in [5.74, 6) is 1.69. The Morgan fingerprint density at radius 1 is 1.24 bits per heavy atom. The summed E-state index contributed by atoms with van der Waals surface area (Å²) in [6.07, 6.45) is 1.91. The molecule has 0 unspecified atom stereocenters. The van der Waals surface area contributed by atoms with Gasteiger partial charge in [0.05, 0.1) is 12.4 Å². The molecule has 2 aromatic rings. The number of rotatable bonds is 9. The molecule has 0 radical (unpaired) electrons. The molecule has 2 heterocycles. The van der Waals surface area contributed by atoms with Crippen molar-refractivity contribution in [3.05, 3.63) is 6.20 Å². The molecule has 2 aromatic heterocycles. The number of thioether (sulfide) groups is 1. The van der Waals surface area contributed by atoms with E-state index in [1.165, 1.54) is 11.8 Å². The molecular weight excluding hydrogens is 340 g/mol. The highest BCUT2D eigenvalue weighted by atomic mass is 32.2. The Hall–Kier alpha value is -2.03. The second-order valence-electron chi connectivity index (χ2n) is 5.36. The summed E-state index contributed by atoms with van der Waals surface area (Å²) in [7, 11) is 1.89. The van der Waals surface area contributed by atoms with Crippen LogP contribution in [0.25, 0.3) is 11.4 Å². The average Bonchev–Trinajstić information content (AvgIpc) is 3.17. The van der Waals surface area contributed by atoms with E-state index in [9.17, 15) is 4.79 Å². The lowest BCUT2D eigenvalue weighted by Crippen LogP contribution is -2.31. The van der Waals surface area contributed by atoms with Crippen molar-refractivity contribution in [1.82, 2.24) is 29.4 Å². The van der Waals surface area contributed by atoms with Gasteiger partial charge in [-0.05, 0) is 27.7 Å². The Balaban J connectivity index is 2.18. The summed E-state index contributed by atoms with van der Waals surface area (Å²) in [4.78, 5) is 14.0. The number of hydrogen-bond donors (Lipinski definition) is 0. The number of carbonyl (C=O) groups excluding carboxylic acids is 1. The molecular formula is C16H26N6O2S. The third kappa shape index (κ3) is 4.33. The fraction of sp³-hybridized carbons (Fsp3) is 0.625. The lowest BCUT2D eigenvalue weighted by atomic mass is 10.3. The van der Waals surface area contributed by atoms with Gasteiger partial charge in [0, 0.05) is 32.9 Å². The summed E-state index contributed by atoms with van der Waals surface area (Å²) in [6, 6.07) is 0. The molecule has 25 heavy (non-hydrogen) atoms. The molecule has 0 saturated carbocycles. The third-order valence-electron chi connectivity index (χ3n) is 3.85. The van der Waals surface area contributed by atoms with Crippen molar-refractivity contribution in [3.63, 3.8) is 0 Å². The monoisotopic (exact) mass is 366 g/mol. The van der Waals surface area contributed by atoms with E-state index < -0.39 is 0 Å².